The first-order valence-corrected chi connectivity index (χ1v) is 6.84. The third kappa shape index (κ3) is 2.31. The molecular weight excluding hydrogens is 254 g/mol. The van der Waals surface area contributed by atoms with Gasteiger partial charge in [0.15, 0.2) is 0 Å². The zero-order valence-electron chi connectivity index (χ0n) is 11.4. The number of rotatable bonds is 2. The van der Waals surface area contributed by atoms with Gasteiger partial charge in [-0.2, -0.15) is 0 Å². The summed E-state index contributed by atoms with van der Waals surface area (Å²) in [6.07, 6.45) is 2.93. The first-order chi connectivity index (χ1) is 9.65. The molecule has 1 fully saturated rings. The SMILES string of the molecule is Cc1ccc2ncnc(N3CCC(C(=O)O)CC3)c2c1. The van der Waals surface area contributed by atoms with Gasteiger partial charge in [0.25, 0.3) is 0 Å². The van der Waals surface area contributed by atoms with E-state index in [4.69, 9.17) is 5.11 Å². The number of piperidine rings is 1. The second-order valence-corrected chi connectivity index (χ2v) is 5.32. The molecule has 0 atom stereocenters. The second kappa shape index (κ2) is 5.07. The van der Waals surface area contributed by atoms with Crippen molar-refractivity contribution in [1.29, 1.82) is 0 Å². The number of nitrogens with zero attached hydrogens (tertiary/aromatic N) is 3. The van der Waals surface area contributed by atoms with Gasteiger partial charge in [0.1, 0.15) is 12.1 Å². The van der Waals surface area contributed by atoms with Crippen molar-refractivity contribution in [3.63, 3.8) is 0 Å². The lowest BCUT2D eigenvalue weighted by Crippen LogP contribution is -2.36. The molecule has 2 heterocycles. The molecule has 0 unspecified atom stereocenters. The van der Waals surface area contributed by atoms with E-state index in [0.717, 1.165) is 29.8 Å². The summed E-state index contributed by atoms with van der Waals surface area (Å²) >= 11 is 0. The number of benzene rings is 1. The second-order valence-electron chi connectivity index (χ2n) is 5.32. The Morgan fingerprint density at radius 3 is 2.75 bits per heavy atom. The lowest BCUT2D eigenvalue weighted by molar-refractivity contribution is -0.142. The summed E-state index contributed by atoms with van der Waals surface area (Å²) in [5.74, 6) is 0.0108. The van der Waals surface area contributed by atoms with E-state index in [-0.39, 0.29) is 5.92 Å². The average molecular weight is 271 g/mol. The molecule has 5 nitrogen and oxygen atoms in total. The lowest BCUT2D eigenvalue weighted by Gasteiger charge is -2.31. The molecular formula is C15H17N3O2. The summed E-state index contributed by atoms with van der Waals surface area (Å²) in [4.78, 5) is 21.9. The maximum Gasteiger partial charge on any atom is 0.306 e. The number of anilines is 1. The first kappa shape index (κ1) is 12.8. The molecule has 104 valence electrons. The minimum Gasteiger partial charge on any atom is -0.481 e. The Morgan fingerprint density at radius 1 is 1.30 bits per heavy atom. The predicted molar refractivity (Wildman–Crippen MR) is 76.8 cm³/mol. The molecule has 0 saturated carbocycles. The predicted octanol–water partition coefficient (Wildman–Crippen LogP) is 2.24. The molecule has 1 aliphatic heterocycles. The highest BCUT2D eigenvalue weighted by Crippen LogP contribution is 2.28. The summed E-state index contributed by atoms with van der Waals surface area (Å²) in [6, 6.07) is 6.13. The molecule has 20 heavy (non-hydrogen) atoms. The lowest BCUT2D eigenvalue weighted by atomic mass is 9.97. The van der Waals surface area contributed by atoms with Gasteiger partial charge in [0.05, 0.1) is 11.4 Å². The number of hydrogen-bond acceptors (Lipinski definition) is 4. The quantitative estimate of drug-likeness (QED) is 0.907. The van der Waals surface area contributed by atoms with E-state index >= 15 is 0 Å². The highest BCUT2D eigenvalue weighted by atomic mass is 16.4. The van der Waals surface area contributed by atoms with E-state index < -0.39 is 5.97 Å². The van der Waals surface area contributed by atoms with Crippen molar-refractivity contribution < 1.29 is 9.90 Å². The Labute approximate surface area is 117 Å². The van der Waals surface area contributed by atoms with Gasteiger partial charge >= 0.3 is 5.97 Å². The Bertz CT molecular complexity index is 649. The highest BCUT2D eigenvalue weighted by Gasteiger charge is 2.25. The summed E-state index contributed by atoms with van der Waals surface area (Å²) in [7, 11) is 0. The molecule has 0 radical (unpaired) electrons. The molecule has 2 aromatic rings. The van der Waals surface area contributed by atoms with Crippen molar-refractivity contribution in [3.05, 3.63) is 30.1 Å². The first-order valence-electron chi connectivity index (χ1n) is 6.84. The van der Waals surface area contributed by atoms with Gasteiger partial charge in [0, 0.05) is 18.5 Å². The van der Waals surface area contributed by atoms with Crippen LogP contribution in [0.15, 0.2) is 24.5 Å². The van der Waals surface area contributed by atoms with E-state index in [9.17, 15) is 4.79 Å². The van der Waals surface area contributed by atoms with Crippen LogP contribution in [0.1, 0.15) is 18.4 Å². The van der Waals surface area contributed by atoms with Crippen LogP contribution in [0.3, 0.4) is 0 Å². The van der Waals surface area contributed by atoms with Crippen LogP contribution in [0.2, 0.25) is 0 Å². The Morgan fingerprint density at radius 2 is 2.05 bits per heavy atom. The van der Waals surface area contributed by atoms with Gasteiger partial charge in [-0.25, -0.2) is 9.97 Å². The standard InChI is InChI=1S/C15H17N3O2/c1-10-2-3-13-12(8-10)14(17-9-16-13)18-6-4-11(5-7-18)15(19)20/h2-3,8-9,11H,4-7H2,1H3,(H,19,20). The van der Waals surface area contributed by atoms with Crippen LogP contribution in [0.25, 0.3) is 10.9 Å². The van der Waals surface area contributed by atoms with E-state index in [2.05, 4.69) is 20.9 Å². The maximum absolute atomic E-state index is 11.0. The molecule has 1 aliphatic rings. The van der Waals surface area contributed by atoms with Crippen LogP contribution < -0.4 is 4.90 Å². The van der Waals surface area contributed by atoms with Crippen molar-refractivity contribution >= 4 is 22.7 Å². The maximum atomic E-state index is 11.0. The van der Waals surface area contributed by atoms with Crippen molar-refractivity contribution in [2.75, 3.05) is 18.0 Å². The summed E-state index contributed by atoms with van der Waals surface area (Å²) in [6.45, 7) is 3.51. The van der Waals surface area contributed by atoms with Crippen LogP contribution in [0, 0.1) is 12.8 Å². The number of carboxylic acid groups (broad SMARTS) is 1. The van der Waals surface area contributed by atoms with Crippen molar-refractivity contribution in [2.24, 2.45) is 5.92 Å². The number of fused-ring (bicyclic) bond motifs is 1. The third-order valence-electron chi connectivity index (χ3n) is 3.91. The number of aromatic nitrogens is 2. The van der Waals surface area contributed by atoms with Crippen LogP contribution >= 0.6 is 0 Å². The smallest absolute Gasteiger partial charge is 0.306 e. The molecule has 0 bridgehead atoms. The van der Waals surface area contributed by atoms with Gasteiger partial charge in [-0.15, -0.1) is 0 Å². The molecule has 5 heteroatoms. The van der Waals surface area contributed by atoms with Crippen molar-refractivity contribution in [3.8, 4) is 0 Å². The van der Waals surface area contributed by atoms with Gasteiger partial charge in [-0.3, -0.25) is 4.79 Å². The number of hydrogen-bond donors (Lipinski definition) is 1. The van der Waals surface area contributed by atoms with Gasteiger partial charge in [-0.1, -0.05) is 11.6 Å². The number of aliphatic carboxylic acids is 1. The van der Waals surface area contributed by atoms with E-state index in [1.54, 1.807) is 6.33 Å². The number of carbonyl (C=O) groups is 1. The van der Waals surface area contributed by atoms with Gasteiger partial charge in [-0.05, 0) is 31.9 Å². The zero-order valence-corrected chi connectivity index (χ0v) is 11.4. The number of aryl methyl sites for hydroxylation is 1. The molecule has 1 N–H and O–H groups in total. The monoisotopic (exact) mass is 271 g/mol. The molecule has 0 spiro atoms. The molecule has 1 saturated heterocycles. The van der Waals surface area contributed by atoms with Crippen LogP contribution in [-0.2, 0) is 4.79 Å². The van der Waals surface area contributed by atoms with Crippen LogP contribution in [-0.4, -0.2) is 34.1 Å². The Kier molecular flexibility index (Phi) is 3.26. The Balaban J connectivity index is 1.91. The molecule has 1 aromatic carbocycles. The average Bonchev–Trinajstić information content (AvgIpc) is 2.46. The fraction of sp³-hybridized carbons (Fsp3) is 0.400. The topological polar surface area (TPSA) is 66.3 Å². The fourth-order valence-electron chi connectivity index (χ4n) is 2.75. The van der Waals surface area contributed by atoms with Gasteiger partial charge < -0.3 is 10.0 Å². The minimum absolute atomic E-state index is 0.221. The largest absolute Gasteiger partial charge is 0.481 e. The fourth-order valence-corrected chi connectivity index (χ4v) is 2.75. The van der Waals surface area contributed by atoms with Crippen molar-refractivity contribution in [2.45, 2.75) is 19.8 Å². The van der Waals surface area contributed by atoms with E-state index in [0.29, 0.717) is 12.8 Å². The number of carboxylic acids is 1. The highest BCUT2D eigenvalue weighted by molar-refractivity contribution is 5.89. The third-order valence-corrected chi connectivity index (χ3v) is 3.91. The molecule has 1 aromatic heterocycles. The van der Waals surface area contributed by atoms with E-state index in [1.807, 2.05) is 19.1 Å². The molecule has 0 amide bonds. The summed E-state index contributed by atoms with van der Waals surface area (Å²) < 4.78 is 0. The van der Waals surface area contributed by atoms with Crippen molar-refractivity contribution in [1.82, 2.24) is 9.97 Å². The van der Waals surface area contributed by atoms with E-state index in [1.165, 1.54) is 5.56 Å². The summed E-state index contributed by atoms with van der Waals surface area (Å²) in [5, 5.41) is 10.1. The van der Waals surface area contributed by atoms with Crippen LogP contribution in [0.4, 0.5) is 5.82 Å². The Hall–Kier alpha value is -2.17. The normalized spacial score (nSPS) is 16.6. The minimum atomic E-state index is -0.687. The summed E-state index contributed by atoms with van der Waals surface area (Å²) in [5.41, 5.74) is 2.11. The zero-order chi connectivity index (χ0) is 14.1. The molecule has 3 rings (SSSR count). The molecule has 0 aliphatic carbocycles. The van der Waals surface area contributed by atoms with Gasteiger partial charge in [0.2, 0.25) is 0 Å². The van der Waals surface area contributed by atoms with Crippen LogP contribution in [0.5, 0.6) is 0 Å².